The molecule has 0 saturated heterocycles. The van der Waals surface area contributed by atoms with E-state index >= 15 is 0 Å². The molecule has 0 aromatic heterocycles. The largest absolute Gasteiger partial charge is 0.310 e. The molecule has 9 aromatic rings. The number of fused-ring (bicyclic) bond motifs is 6. The molecule has 0 unspecified atom stereocenters. The van der Waals surface area contributed by atoms with Gasteiger partial charge >= 0.3 is 0 Å². The predicted molar refractivity (Wildman–Crippen MR) is 284 cm³/mol. The summed E-state index contributed by atoms with van der Waals surface area (Å²) in [6, 6.07) is 80.2. The smallest absolute Gasteiger partial charge is 0.0468 e. The third kappa shape index (κ3) is 5.94. The first-order chi connectivity index (χ1) is 33.4. The zero-order valence-electron chi connectivity index (χ0n) is 39.0. The predicted octanol–water partition coefficient (Wildman–Crippen LogP) is 17.9. The highest BCUT2D eigenvalue weighted by atomic mass is 15.1. The van der Waals surface area contributed by atoms with Crippen LogP contribution < -0.4 is 4.90 Å². The quantitative estimate of drug-likeness (QED) is 0.154. The van der Waals surface area contributed by atoms with Gasteiger partial charge in [-0.05, 0) is 193 Å². The lowest BCUT2D eigenvalue weighted by molar-refractivity contribution is -0.0399. The van der Waals surface area contributed by atoms with E-state index in [4.69, 9.17) is 0 Å². The van der Waals surface area contributed by atoms with Crippen LogP contribution in [0.25, 0.3) is 66.8 Å². The Balaban J connectivity index is 0.883. The first kappa shape index (κ1) is 39.9. The topological polar surface area (TPSA) is 3.24 Å². The Morgan fingerprint density at radius 3 is 1.41 bits per heavy atom. The van der Waals surface area contributed by atoms with Crippen LogP contribution in [0.15, 0.2) is 212 Å². The van der Waals surface area contributed by atoms with Crippen molar-refractivity contribution in [3.8, 4) is 66.8 Å². The van der Waals surface area contributed by atoms with Crippen molar-refractivity contribution in [3.05, 3.63) is 235 Å². The average molecular weight is 874 g/mol. The van der Waals surface area contributed by atoms with Gasteiger partial charge in [-0.25, -0.2) is 0 Å². The second kappa shape index (κ2) is 15.1. The fourth-order valence-corrected chi connectivity index (χ4v) is 14.7. The minimum absolute atomic E-state index is 0.158. The Hall–Kier alpha value is -7.22. The summed E-state index contributed by atoms with van der Waals surface area (Å²) in [5, 5.41) is 0. The Morgan fingerprint density at radius 2 is 0.765 bits per heavy atom. The molecule has 1 heteroatoms. The SMILES string of the molecule is CC1(C)c2ccc(N(c3ccc(-c4ccccc4)cc3)c3ccc(-c4ccccc4)c(-c4ccccc4)c3)cc2-c2ccc(-c3ccc4c(c3)C3(c5ccccc5-4)C4CC5CC(C4)CC3C5)cc21. The molecule has 9 aromatic carbocycles. The maximum absolute atomic E-state index is 2.65. The van der Waals surface area contributed by atoms with Crippen molar-refractivity contribution in [3.63, 3.8) is 0 Å². The van der Waals surface area contributed by atoms with Crippen molar-refractivity contribution in [1.29, 1.82) is 0 Å². The highest BCUT2D eigenvalue weighted by molar-refractivity contribution is 5.92. The molecule has 4 fully saturated rings. The van der Waals surface area contributed by atoms with Gasteiger partial charge in [0.05, 0.1) is 0 Å². The fourth-order valence-electron chi connectivity index (χ4n) is 14.7. The van der Waals surface area contributed by atoms with Gasteiger partial charge in [0.1, 0.15) is 0 Å². The van der Waals surface area contributed by atoms with E-state index in [1.165, 1.54) is 110 Å². The van der Waals surface area contributed by atoms with Gasteiger partial charge in [0.2, 0.25) is 0 Å². The summed E-state index contributed by atoms with van der Waals surface area (Å²) >= 11 is 0. The van der Waals surface area contributed by atoms with Gasteiger partial charge < -0.3 is 4.90 Å². The minimum Gasteiger partial charge on any atom is -0.310 e. The van der Waals surface area contributed by atoms with Gasteiger partial charge in [-0.15, -0.1) is 0 Å². The first-order valence-electron chi connectivity index (χ1n) is 25.2. The molecular weight excluding hydrogens is 819 g/mol. The van der Waals surface area contributed by atoms with Crippen LogP contribution in [0.4, 0.5) is 17.1 Å². The summed E-state index contributed by atoms with van der Waals surface area (Å²) in [7, 11) is 0. The molecule has 0 aliphatic heterocycles. The zero-order chi connectivity index (χ0) is 45.1. The van der Waals surface area contributed by atoms with E-state index in [0.29, 0.717) is 0 Å². The van der Waals surface area contributed by atoms with Crippen LogP contribution in [0.2, 0.25) is 0 Å². The monoisotopic (exact) mass is 873 g/mol. The lowest BCUT2D eigenvalue weighted by atomic mass is 9.43. The van der Waals surface area contributed by atoms with Gasteiger partial charge in [0.15, 0.2) is 0 Å². The summed E-state index contributed by atoms with van der Waals surface area (Å²) in [4.78, 5) is 2.46. The van der Waals surface area contributed by atoms with Crippen molar-refractivity contribution >= 4 is 17.1 Å². The van der Waals surface area contributed by atoms with Crippen molar-refractivity contribution in [2.75, 3.05) is 4.90 Å². The van der Waals surface area contributed by atoms with Crippen LogP contribution >= 0.6 is 0 Å². The zero-order valence-corrected chi connectivity index (χ0v) is 39.0. The van der Waals surface area contributed by atoms with E-state index in [-0.39, 0.29) is 10.8 Å². The van der Waals surface area contributed by atoms with Crippen molar-refractivity contribution in [1.82, 2.24) is 0 Å². The van der Waals surface area contributed by atoms with Crippen molar-refractivity contribution < 1.29 is 0 Å². The van der Waals surface area contributed by atoms with Crippen molar-refractivity contribution in [2.24, 2.45) is 23.7 Å². The third-order valence-corrected chi connectivity index (χ3v) is 17.5. The van der Waals surface area contributed by atoms with E-state index in [9.17, 15) is 0 Å². The summed E-state index contributed by atoms with van der Waals surface area (Å²) in [5.74, 6) is 3.38. The average Bonchev–Trinajstić information content (AvgIpc) is 3.80. The summed E-state index contributed by atoms with van der Waals surface area (Å²) in [5.41, 5.74) is 25.1. The molecule has 0 amide bonds. The standard InChI is InChI=1S/C67H55N/c1-66(2)62-33-29-55(68(53-26-22-46(23-27-53)45-14-6-3-7-15-45)54-28-32-56(47-16-8-4-9-17-47)60(41-54)48-18-10-5-11-19-48)42-61(62)59-31-25-49(39-64(59)66)50-24-30-58-57-20-12-13-21-63(57)67(65(58)40-50)51-35-43-34-44(37-51)38-52(67)36-43/h3-33,39-44,51-52H,34-38H2,1-2H3. The van der Waals surface area contributed by atoms with Crippen LogP contribution in [0.5, 0.6) is 0 Å². The molecule has 1 spiro atoms. The number of rotatable bonds is 7. The molecule has 0 atom stereocenters. The fraction of sp³-hybridized carbons (Fsp3) is 0.194. The van der Waals surface area contributed by atoms with Crippen LogP contribution in [0, 0.1) is 23.7 Å². The molecule has 0 N–H and O–H groups in total. The molecule has 6 aliphatic carbocycles. The van der Waals surface area contributed by atoms with Crippen molar-refractivity contribution in [2.45, 2.75) is 56.8 Å². The first-order valence-corrected chi connectivity index (χ1v) is 25.2. The van der Waals surface area contributed by atoms with E-state index in [1.807, 2.05) is 0 Å². The normalized spacial score (nSPS) is 21.9. The molecule has 328 valence electrons. The number of benzene rings is 9. The molecule has 4 bridgehead atoms. The van der Waals surface area contributed by atoms with E-state index in [2.05, 4.69) is 231 Å². The van der Waals surface area contributed by atoms with E-state index < -0.39 is 0 Å². The maximum atomic E-state index is 2.65. The molecule has 68 heavy (non-hydrogen) atoms. The van der Waals surface area contributed by atoms with Crippen LogP contribution in [-0.4, -0.2) is 0 Å². The Labute approximate surface area is 401 Å². The maximum Gasteiger partial charge on any atom is 0.0468 e. The molecule has 0 heterocycles. The van der Waals surface area contributed by atoms with Gasteiger partial charge in [-0.3, -0.25) is 0 Å². The molecular formula is C67H55N. The Bertz CT molecular complexity index is 3390. The molecule has 0 radical (unpaired) electrons. The van der Waals surface area contributed by atoms with Crippen LogP contribution in [0.3, 0.4) is 0 Å². The van der Waals surface area contributed by atoms with E-state index in [1.54, 1.807) is 11.1 Å². The lowest BCUT2D eigenvalue weighted by Gasteiger charge is -2.61. The summed E-state index contributed by atoms with van der Waals surface area (Å²) in [6.07, 6.45) is 7.09. The lowest BCUT2D eigenvalue weighted by Crippen LogP contribution is -2.55. The van der Waals surface area contributed by atoms with Crippen LogP contribution in [-0.2, 0) is 10.8 Å². The number of hydrogen-bond acceptors (Lipinski definition) is 1. The second-order valence-electron chi connectivity index (χ2n) is 21.3. The number of nitrogens with zero attached hydrogens (tertiary/aromatic N) is 1. The number of hydrogen-bond donors (Lipinski definition) is 0. The molecule has 15 rings (SSSR count). The Kier molecular flexibility index (Phi) is 8.89. The number of anilines is 3. The molecule has 6 aliphatic rings. The highest BCUT2D eigenvalue weighted by Crippen LogP contribution is 2.69. The van der Waals surface area contributed by atoms with E-state index in [0.717, 1.165) is 40.7 Å². The second-order valence-corrected chi connectivity index (χ2v) is 21.3. The van der Waals surface area contributed by atoms with Gasteiger partial charge in [-0.1, -0.05) is 178 Å². The summed E-state index contributed by atoms with van der Waals surface area (Å²) in [6.45, 7) is 4.86. The van der Waals surface area contributed by atoms with Gasteiger partial charge in [-0.2, -0.15) is 0 Å². The Morgan fingerprint density at radius 1 is 0.309 bits per heavy atom. The molecule has 1 nitrogen and oxygen atoms in total. The van der Waals surface area contributed by atoms with Gasteiger partial charge in [0.25, 0.3) is 0 Å². The summed E-state index contributed by atoms with van der Waals surface area (Å²) < 4.78 is 0. The van der Waals surface area contributed by atoms with Crippen LogP contribution in [0.1, 0.15) is 68.2 Å². The molecule has 4 saturated carbocycles. The minimum atomic E-state index is -0.158. The highest BCUT2D eigenvalue weighted by Gasteiger charge is 2.61. The third-order valence-electron chi connectivity index (χ3n) is 17.5. The van der Waals surface area contributed by atoms with Gasteiger partial charge in [0, 0.05) is 27.9 Å².